The molecule has 3 heterocycles. The van der Waals surface area contributed by atoms with Crippen LogP contribution in [0.15, 0.2) is 40.7 Å². The molecule has 2 unspecified atom stereocenters. The second-order valence-electron chi connectivity index (χ2n) is 7.36. The van der Waals surface area contributed by atoms with Gasteiger partial charge in [-0.25, -0.2) is 4.68 Å². The maximum atomic E-state index is 12.8. The highest BCUT2D eigenvalue weighted by Gasteiger charge is 2.64. The number of carbonyl (C=O) groups excluding carboxylic acids is 3. The van der Waals surface area contributed by atoms with E-state index in [0.29, 0.717) is 28.5 Å². The number of tetrazole rings is 1. The quantitative estimate of drug-likeness (QED) is 0.158. The smallest absolute Gasteiger partial charge is 0.287 e. The number of aromatic nitrogens is 4. The van der Waals surface area contributed by atoms with Crippen LogP contribution in [0.5, 0.6) is 5.75 Å². The fourth-order valence-electron chi connectivity index (χ4n) is 3.49. The lowest BCUT2D eigenvalue weighted by Gasteiger charge is -2.54. The summed E-state index contributed by atoms with van der Waals surface area (Å²) in [6.07, 6.45) is -0.716. The Bertz CT molecular complexity index is 1100. The van der Waals surface area contributed by atoms with E-state index in [4.69, 9.17) is 4.74 Å². The number of carbonyl (C=O) groups is 3. The van der Waals surface area contributed by atoms with Crippen molar-refractivity contribution in [3.8, 4) is 5.75 Å². The molecule has 0 saturated carbocycles. The Balaban J connectivity index is 1.46. The number of fused-ring (bicyclic) bond motifs is 1. The van der Waals surface area contributed by atoms with Gasteiger partial charge in [0.05, 0.1) is 6.61 Å². The number of thioether (sulfide) groups is 1. The van der Waals surface area contributed by atoms with E-state index in [2.05, 4.69) is 20.8 Å². The monoisotopic (exact) mass is 460 g/mol. The van der Waals surface area contributed by atoms with Crippen molar-refractivity contribution in [2.24, 2.45) is 7.05 Å². The molecule has 4 rings (SSSR count). The highest BCUT2D eigenvalue weighted by Crippen LogP contribution is 2.39. The number of amides is 2. The van der Waals surface area contributed by atoms with Crippen LogP contribution >= 0.6 is 11.8 Å². The summed E-state index contributed by atoms with van der Waals surface area (Å²) in [5, 5.41) is 34.3. The summed E-state index contributed by atoms with van der Waals surface area (Å²) >= 11 is 1.37. The maximum Gasteiger partial charge on any atom is 0.287 e. The number of hydrogen-bond donors (Lipinski definition) is 3. The number of rotatable bonds is 7. The number of hydrogen-bond acceptors (Lipinski definition) is 10. The zero-order valence-corrected chi connectivity index (χ0v) is 17.9. The van der Waals surface area contributed by atoms with Crippen LogP contribution in [0.2, 0.25) is 0 Å². The standard InChI is InChI=1S/C19H20N6O6S/c1-10-12(9-32-18-21-22-23-24(18)2)8-31-17-19(30,16(29)25(10)17)20-15(28)14(7-26)11-3-5-13(27)6-4-11/h3-7,14,17,27,30H,8-9H2,1-2H3,(H,20,28)/t14?,17?,19-/m0/s1. The van der Waals surface area contributed by atoms with Gasteiger partial charge in [0.2, 0.25) is 11.1 Å². The molecule has 0 bridgehead atoms. The van der Waals surface area contributed by atoms with Crippen LogP contribution in [0.25, 0.3) is 0 Å². The predicted molar refractivity (Wildman–Crippen MR) is 109 cm³/mol. The molecule has 2 amide bonds. The summed E-state index contributed by atoms with van der Waals surface area (Å²) < 4.78 is 7.19. The van der Waals surface area contributed by atoms with Gasteiger partial charge < -0.3 is 25.1 Å². The lowest BCUT2D eigenvalue weighted by atomic mass is 9.93. The number of aliphatic hydroxyl groups is 1. The number of ether oxygens (including phenoxy) is 1. The van der Waals surface area contributed by atoms with Gasteiger partial charge in [0, 0.05) is 18.5 Å². The Morgan fingerprint density at radius 2 is 2.16 bits per heavy atom. The molecule has 2 aliphatic rings. The van der Waals surface area contributed by atoms with Gasteiger partial charge in [0.1, 0.15) is 18.0 Å². The number of aryl methyl sites for hydroxylation is 1. The second-order valence-corrected chi connectivity index (χ2v) is 8.30. The molecular formula is C19H20N6O6S. The highest BCUT2D eigenvalue weighted by molar-refractivity contribution is 7.99. The molecule has 1 aromatic heterocycles. The van der Waals surface area contributed by atoms with Crippen LogP contribution in [0.4, 0.5) is 0 Å². The van der Waals surface area contributed by atoms with Crippen LogP contribution in [0.3, 0.4) is 0 Å². The van der Waals surface area contributed by atoms with Crippen LogP contribution < -0.4 is 5.32 Å². The van der Waals surface area contributed by atoms with Gasteiger partial charge in [-0.05, 0) is 40.6 Å². The summed E-state index contributed by atoms with van der Waals surface area (Å²) in [6, 6.07) is 5.49. The third-order valence-corrected chi connectivity index (χ3v) is 6.46. The molecule has 1 fully saturated rings. The van der Waals surface area contributed by atoms with E-state index in [1.807, 2.05) is 0 Å². The average molecular weight is 460 g/mol. The van der Waals surface area contributed by atoms with Crippen molar-refractivity contribution in [1.29, 1.82) is 0 Å². The first-order chi connectivity index (χ1) is 15.3. The number of nitrogens with one attached hydrogen (secondary N) is 1. The largest absolute Gasteiger partial charge is 0.508 e. The van der Waals surface area contributed by atoms with E-state index in [1.165, 1.54) is 45.6 Å². The molecule has 13 heteroatoms. The Hall–Kier alpha value is -3.29. The predicted octanol–water partition coefficient (Wildman–Crippen LogP) is -0.732. The van der Waals surface area contributed by atoms with Crippen molar-refractivity contribution in [2.45, 2.75) is 30.0 Å². The highest BCUT2D eigenvalue weighted by atomic mass is 32.2. The minimum Gasteiger partial charge on any atom is -0.508 e. The number of aldehydes is 1. The first-order valence-electron chi connectivity index (χ1n) is 9.54. The van der Waals surface area contributed by atoms with E-state index in [1.54, 1.807) is 14.0 Å². The van der Waals surface area contributed by atoms with Crippen molar-refractivity contribution in [3.05, 3.63) is 41.1 Å². The van der Waals surface area contributed by atoms with E-state index in [9.17, 15) is 24.6 Å². The lowest BCUT2D eigenvalue weighted by molar-refractivity contribution is -0.249. The molecule has 2 aliphatic heterocycles. The molecule has 168 valence electrons. The van der Waals surface area contributed by atoms with Crippen molar-refractivity contribution in [2.75, 3.05) is 12.4 Å². The molecule has 2 aromatic rings. The van der Waals surface area contributed by atoms with E-state index in [0.717, 1.165) is 5.57 Å². The Morgan fingerprint density at radius 3 is 2.78 bits per heavy atom. The van der Waals surface area contributed by atoms with E-state index in [-0.39, 0.29) is 12.4 Å². The first kappa shape index (κ1) is 21.9. The zero-order chi connectivity index (χ0) is 23.0. The Labute approximate surface area is 186 Å². The number of benzene rings is 1. The van der Waals surface area contributed by atoms with Gasteiger partial charge in [-0.15, -0.1) is 5.10 Å². The third-order valence-electron chi connectivity index (χ3n) is 5.37. The Morgan fingerprint density at radius 1 is 1.44 bits per heavy atom. The van der Waals surface area contributed by atoms with Crippen LogP contribution in [-0.4, -0.2) is 77.7 Å². The van der Waals surface area contributed by atoms with E-state index >= 15 is 0 Å². The number of nitrogens with zero attached hydrogens (tertiary/aromatic N) is 5. The molecule has 3 N–H and O–H groups in total. The van der Waals surface area contributed by atoms with E-state index < -0.39 is 29.7 Å². The molecule has 0 spiro atoms. The van der Waals surface area contributed by atoms with Crippen molar-refractivity contribution in [3.63, 3.8) is 0 Å². The zero-order valence-electron chi connectivity index (χ0n) is 17.1. The summed E-state index contributed by atoms with van der Waals surface area (Å²) in [4.78, 5) is 38.2. The SMILES string of the molecule is CC1=C(CSc2nnnn2C)COC2N1C(=O)[C@@]2(O)NC(=O)C(C=O)c1ccc(O)cc1. The molecule has 1 aromatic carbocycles. The fourth-order valence-corrected chi connectivity index (χ4v) is 4.40. The van der Waals surface area contributed by atoms with Gasteiger partial charge in [-0.2, -0.15) is 0 Å². The first-order valence-corrected chi connectivity index (χ1v) is 10.5. The number of allylic oxidation sites excluding steroid dienone is 1. The molecule has 3 atom stereocenters. The molecule has 0 aliphatic carbocycles. The van der Waals surface area contributed by atoms with Gasteiger partial charge in [-0.1, -0.05) is 23.9 Å². The molecule has 32 heavy (non-hydrogen) atoms. The van der Waals surface area contributed by atoms with Crippen LogP contribution in [0.1, 0.15) is 18.4 Å². The van der Waals surface area contributed by atoms with Gasteiger partial charge >= 0.3 is 0 Å². The molecular weight excluding hydrogens is 440 g/mol. The summed E-state index contributed by atoms with van der Waals surface area (Å²) in [7, 11) is 1.71. The fraction of sp³-hybridized carbons (Fsp3) is 0.368. The average Bonchev–Trinajstić information content (AvgIpc) is 3.18. The van der Waals surface area contributed by atoms with Gasteiger partial charge in [0.15, 0.2) is 6.23 Å². The molecule has 1 saturated heterocycles. The summed E-state index contributed by atoms with van der Waals surface area (Å²) in [6.45, 7) is 1.86. The van der Waals surface area contributed by atoms with Gasteiger partial charge in [-0.3, -0.25) is 14.5 Å². The number of phenols is 1. The lowest BCUT2D eigenvalue weighted by Crippen LogP contribution is -2.81. The minimum atomic E-state index is -2.29. The maximum absolute atomic E-state index is 12.8. The number of aromatic hydroxyl groups is 1. The van der Waals surface area contributed by atoms with Crippen LogP contribution in [0, 0.1) is 0 Å². The summed E-state index contributed by atoms with van der Waals surface area (Å²) in [5.74, 6) is -2.44. The van der Waals surface area contributed by atoms with Gasteiger partial charge in [0.25, 0.3) is 11.6 Å². The number of phenolic OH excluding ortho intramolecular Hbond substituents is 1. The normalized spacial score (nSPS) is 23.4. The third kappa shape index (κ3) is 3.63. The van der Waals surface area contributed by atoms with Crippen molar-refractivity contribution >= 4 is 29.9 Å². The molecule has 12 nitrogen and oxygen atoms in total. The topological polar surface area (TPSA) is 160 Å². The van der Waals surface area contributed by atoms with Crippen LogP contribution in [-0.2, 0) is 26.2 Å². The molecule has 0 radical (unpaired) electrons. The Kier molecular flexibility index (Phi) is 5.71. The van der Waals surface area contributed by atoms with Crippen molar-refractivity contribution in [1.82, 2.24) is 30.4 Å². The van der Waals surface area contributed by atoms with Crippen molar-refractivity contribution < 1.29 is 29.3 Å². The minimum absolute atomic E-state index is 0.0236. The summed E-state index contributed by atoms with van der Waals surface area (Å²) in [5.41, 5.74) is -0.562. The second kappa shape index (κ2) is 8.33. The number of β-lactam (4-membered cyclic amide) rings is 1.